The van der Waals surface area contributed by atoms with E-state index in [2.05, 4.69) is 6.07 Å². The maximum Gasteiger partial charge on any atom is 0.342 e. The quantitative estimate of drug-likeness (QED) is 0.782. The predicted octanol–water partition coefficient (Wildman–Crippen LogP) is 4.40. The molecule has 0 atom stereocenters. The van der Waals surface area contributed by atoms with E-state index >= 15 is 0 Å². The zero-order chi connectivity index (χ0) is 17.7. The van der Waals surface area contributed by atoms with Gasteiger partial charge in [0.2, 0.25) is 0 Å². The largest absolute Gasteiger partial charge is 0.488 e. The van der Waals surface area contributed by atoms with E-state index in [4.69, 9.17) is 9.47 Å². The third-order valence-corrected chi connectivity index (χ3v) is 3.39. The molecule has 0 unspecified atom stereocenters. The van der Waals surface area contributed by atoms with Crippen molar-refractivity contribution < 1.29 is 14.3 Å². The third kappa shape index (κ3) is 4.36. The monoisotopic (exact) mass is 323 g/mol. The van der Waals surface area contributed by atoms with E-state index in [9.17, 15) is 10.1 Å². The third-order valence-electron chi connectivity index (χ3n) is 3.39. The fourth-order valence-corrected chi connectivity index (χ4v) is 2.25. The highest BCUT2D eigenvalue weighted by atomic mass is 16.6. The van der Waals surface area contributed by atoms with E-state index in [1.165, 1.54) is 0 Å². The number of carbonyl (C=O) groups excluding carboxylic acids is 1. The first-order chi connectivity index (χ1) is 11.3. The second-order valence-electron chi connectivity index (χ2n) is 6.50. The van der Waals surface area contributed by atoms with Crippen LogP contribution in [-0.4, -0.2) is 11.6 Å². The van der Waals surface area contributed by atoms with Gasteiger partial charge in [-0.05, 0) is 51.0 Å². The van der Waals surface area contributed by atoms with Crippen LogP contribution in [-0.2, 0) is 11.3 Å². The molecule has 0 aromatic heterocycles. The molecular formula is C20H21NO3. The SMILES string of the molecule is Cc1c(C#N)ccc(OCc2ccccc2)c1C(=O)OC(C)(C)C. The Hall–Kier alpha value is -2.80. The Labute approximate surface area is 142 Å². The van der Waals surface area contributed by atoms with Crippen LogP contribution in [0.25, 0.3) is 0 Å². The molecular weight excluding hydrogens is 302 g/mol. The van der Waals surface area contributed by atoms with Crippen molar-refractivity contribution in [3.63, 3.8) is 0 Å². The van der Waals surface area contributed by atoms with E-state index in [0.717, 1.165) is 5.56 Å². The van der Waals surface area contributed by atoms with Crippen molar-refractivity contribution in [3.05, 3.63) is 64.7 Å². The van der Waals surface area contributed by atoms with Crippen LogP contribution >= 0.6 is 0 Å². The Morgan fingerprint density at radius 3 is 2.38 bits per heavy atom. The summed E-state index contributed by atoms with van der Waals surface area (Å²) in [4.78, 5) is 12.6. The Morgan fingerprint density at radius 1 is 1.12 bits per heavy atom. The van der Waals surface area contributed by atoms with Crippen molar-refractivity contribution in [2.75, 3.05) is 0 Å². The standard InChI is InChI=1S/C20H21NO3/c1-14-16(12-21)10-11-17(18(14)19(22)24-20(2,3)4)23-13-15-8-6-5-7-9-15/h5-11H,13H2,1-4H3. The van der Waals surface area contributed by atoms with Crippen LogP contribution in [0.2, 0.25) is 0 Å². The summed E-state index contributed by atoms with van der Waals surface area (Å²) in [5.74, 6) is -0.0650. The van der Waals surface area contributed by atoms with E-state index < -0.39 is 11.6 Å². The van der Waals surface area contributed by atoms with Crippen LogP contribution in [0.1, 0.15) is 47.8 Å². The number of hydrogen-bond donors (Lipinski definition) is 0. The number of esters is 1. The van der Waals surface area contributed by atoms with Gasteiger partial charge in [-0.25, -0.2) is 4.79 Å². The first-order valence-corrected chi connectivity index (χ1v) is 7.75. The number of rotatable bonds is 4. The summed E-state index contributed by atoms with van der Waals surface area (Å²) in [5.41, 5.74) is 1.68. The smallest absolute Gasteiger partial charge is 0.342 e. The lowest BCUT2D eigenvalue weighted by atomic mass is 10.0. The van der Waals surface area contributed by atoms with Gasteiger partial charge in [0, 0.05) is 0 Å². The summed E-state index contributed by atoms with van der Waals surface area (Å²) < 4.78 is 11.3. The van der Waals surface area contributed by atoms with Crippen molar-refractivity contribution in [1.82, 2.24) is 0 Å². The second-order valence-corrected chi connectivity index (χ2v) is 6.50. The average molecular weight is 323 g/mol. The lowest BCUT2D eigenvalue weighted by molar-refractivity contribution is 0.00646. The van der Waals surface area contributed by atoms with Crippen molar-refractivity contribution in [2.45, 2.75) is 39.9 Å². The normalized spacial score (nSPS) is 10.8. The minimum atomic E-state index is -0.622. The number of ether oxygens (including phenoxy) is 2. The van der Waals surface area contributed by atoms with Gasteiger partial charge >= 0.3 is 5.97 Å². The molecule has 24 heavy (non-hydrogen) atoms. The molecule has 2 aromatic rings. The molecule has 2 aromatic carbocycles. The fourth-order valence-electron chi connectivity index (χ4n) is 2.25. The number of carbonyl (C=O) groups is 1. The highest BCUT2D eigenvalue weighted by Crippen LogP contribution is 2.28. The first kappa shape index (κ1) is 17.6. The Morgan fingerprint density at radius 2 is 1.79 bits per heavy atom. The van der Waals surface area contributed by atoms with Crippen molar-refractivity contribution in [2.24, 2.45) is 0 Å². The zero-order valence-corrected chi connectivity index (χ0v) is 14.4. The highest BCUT2D eigenvalue weighted by molar-refractivity contribution is 5.95. The molecule has 4 nitrogen and oxygen atoms in total. The van der Waals surface area contributed by atoms with Gasteiger partial charge in [-0.2, -0.15) is 5.26 Å². The molecule has 2 rings (SSSR count). The van der Waals surface area contributed by atoms with Crippen LogP contribution in [0.5, 0.6) is 5.75 Å². The molecule has 0 radical (unpaired) electrons. The predicted molar refractivity (Wildman–Crippen MR) is 91.8 cm³/mol. The number of nitrogens with zero attached hydrogens (tertiary/aromatic N) is 1. The Bertz CT molecular complexity index is 768. The fraction of sp³-hybridized carbons (Fsp3) is 0.300. The Kier molecular flexibility index (Phi) is 5.25. The van der Waals surface area contributed by atoms with Crippen LogP contribution in [0.4, 0.5) is 0 Å². The molecule has 0 aliphatic carbocycles. The van der Waals surface area contributed by atoms with Crippen LogP contribution in [0.3, 0.4) is 0 Å². The first-order valence-electron chi connectivity index (χ1n) is 7.75. The highest BCUT2D eigenvalue weighted by Gasteiger charge is 2.24. The minimum Gasteiger partial charge on any atom is -0.488 e. The molecule has 0 fully saturated rings. The Balaban J connectivity index is 2.35. The molecule has 0 heterocycles. The molecule has 0 bridgehead atoms. The van der Waals surface area contributed by atoms with E-state index in [0.29, 0.717) is 29.0 Å². The maximum atomic E-state index is 12.6. The average Bonchev–Trinajstić information content (AvgIpc) is 2.52. The summed E-state index contributed by atoms with van der Waals surface area (Å²) in [6.07, 6.45) is 0. The molecule has 0 amide bonds. The summed E-state index contributed by atoms with van der Waals surface area (Å²) in [7, 11) is 0. The molecule has 0 spiro atoms. The molecule has 0 saturated heterocycles. The summed E-state index contributed by atoms with van der Waals surface area (Å²) >= 11 is 0. The van der Waals surface area contributed by atoms with Gasteiger partial charge in [-0.3, -0.25) is 0 Å². The lowest BCUT2D eigenvalue weighted by Gasteiger charge is -2.21. The number of hydrogen-bond acceptors (Lipinski definition) is 4. The van der Waals surface area contributed by atoms with E-state index in [1.54, 1.807) is 39.8 Å². The van der Waals surface area contributed by atoms with Gasteiger partial charge in [-0.1, -0.05) is 30.3 Å². The van der Waals surface area contributed by atoms with Gasteiger partial charge in [0.1, 0.15) is 23.5 Å². The van der Waals surface area contributed by atoms with Crippen molar-refractivity contribution in [3.8, 4) is 11.8 Å². The number of nitriles is 1. The summed E-state index contributed by atoms with van der Waals surface area (Å²) in [6.45, 7) is 7.48. The van der Waals surface area contributed by atoms with Crippen LogP contribution in [0.15, 0.2) is 42.5 Å². The van der Waals surface area contributed by atoms with Gasteiger partial charge in [0.15, 0.2) is 0 Å². The van der Waals surface area contributed by atoms with Crippen molar-refractivity contribution >= 4 is 5.97 Å². The van der Waals surface area contributed by atoms with Crippen LogP contribution in [0, 0.1) is 18.3 Å². The summed E-state index contributed by atoms with van der Waals surface area (Å²) in [5, 5.41) is 9.21. The molecule has 0 aliphatic rings. The van der Waals surface area contributed by atoms with Crippen LogP contribution < -0.4 is 4.74 Å². The van der Waals surface area contributed by atoms with Crippen molar-refractivity contribution in [1.29, 1.82) is 5.26 Å². The maximum absolute atomic E-state index is 12.6. The molecule has 4 heteroatoms. The summed E-state index contributed by atoms with van der Waals surface area (Å²) in [6, 6.07) is 15.1. The van der Waals surface area contributed by atoms with E-state index in [-0.39, 0.29) is 0 Å². The number of benzene rings is 2. The molecule has 124 valence electrons. The second kappa shape index (κ2) is 7.18. The molecule has 0 N–H and O–H groups in total. The molecule has 0 saturated carbocycles. The molecule has 0 aliphatic heterocycles. The lowest BCUT2D eigenvalue weighted by Crippen LogP contribution is -2.25. The van der Waals surface area contributed by atoms with Gasteiger partial charge in [0.05, 0.1) is 11.6 Å². The zero-order valence-electron chi connectivity index (χ0n) is 14.4. The minimum absolute atomic E-state index is 0.305. The topological polar surface area (TPSA) is 59.3 Å². The van der Waals surface area contributed by atoms with Gasteiger partial charge in [0.25, 0.3) is 0 Å². The van der Waals surface area contributed by atoms with Gasteiger partial charge < -0.3 is 9.47 Å². The van der Waals surface area contributed by atoms with Gasteiger partial charge in [-0.15, -0.1) is 0 Å². The van der Waals surface area contributed by atoms with E-state index in [1.807, 2.05) is 30.3 Å².